The summed E-state index contributed by atoms with van der Waals surface area (Å²) in [7, 11) is 1.56. The third-order valence-electron chi connectivity index (χ3n) is 2.79. The minimum Gasteiger partial charge on any atom is -0.497 e. The highest BCUT2D eigenvalue weighted by Gasteiger charge is 2.10. The number of carbonyl (C=O) groups is 1. The molecule has 0 fully saturated rings. The molecule has 9 heteroatoms. The Balaban J connectivity index is 1.90. The standard InChI is InChI=1S/C14H18N6O2S/c1-9(2)8-20-18-13(17-19-20)16-14(23)15-12(21)10-4-6-11(22-3)7-5-10/h4-7,9H,8H2,1-3H3,(H2,15,16,18,21,23). The van der Waals surface area contributed by atoms with Gasteiger partial charge in [0.1, 0.15) is 5.75 Å². The number of ether oxygens (including phenoxy) is 1. The molecule has 2 rings (SSSR count). The number of carbonyl (C=O) groups excluding carboxylic acids is 1. The Morgan fingerprint density at radius 3 is 2.65 bits per heavy atom. The SMILES string of the molecule is COc1ccc(C(=O)NC(=S)Nc2nnn(CC(C)C)n2)cc1. The fraction of sp³-hybridized carbons (Fsp3) is 0.357. The van der Waals surface area contributed by atoms with E-state index in [1.54, 1.807) is 31.4 Å². The summed E-state index contributed by atoms with van der Waals surface area (Å²) in [6.07, 6.45) is 0. The summed E-state index contributed by atoms with van der Waals surface area (Å²) in [5.74, 6) is 0.984. The summed E-state index contributed by atoms with van der Waals surface area (Å²) >= 11 is 5.07. The van der Waals surface area contributed by atoms with E-state index in [0.717, 1.165) is 0 Å². The predicted octanol–water partition coefficient (Wildman–Crippen LogP) is 1.46. The number of amides is 1. The van der Waals surface area contributed by atoms with Gasteiger partial charge in [0.2, 0.25) is 0 Å². The van der Waals surface area contributed by atoms with E-state index in [4.69, 9.17) is 17.0 Å². The van der Waals surface area contributed by atoms with Gasteiger partial charge in [-0.3, -0.25) is 15.4 Å². The summed E-state index contributed by atoms with van der Waals surface area (Å²) in [4.78, 5) is 13.5. The zero-order valence-corrected chi connectivity index (χ0v) is 13.9. The predicted molar refractivity (Wildman–Crippen MR) is 89.3 cm³/mol. The van der Waals surface area contributed by atoms with Gasteiger partial charge in [-0.05, 0) is 47.6 Å². The van der Waals surface area contributed by atoms with Gasteiger partial charge in [0.05, 0.1) is 13.7 Å². The Morgan fingerprint density at radius 1 is 1.35 bits per heavy atom. The second-order valence-corrected chi connectivity index (χ2v) is 5.61. The van der Waals surface area contributed by atoms with E-state index in [1.807, 2.05) is 0 Å². The lowest BCUT2D eigenvalue weighted by atomic mass is 10.2. The third-order valence-corrected chi connectivity index (χ3v) is 2.99. The molecule has 0 aliphatic rings. The lowest BCUT2D eigenvalue weighted by Crippen LogP contribution is -2.34. The van der Waals surface area contributed by atoms with Crippen LogP contribution in [-0.2, 0) is 6.54 Å². The lowest BCUT2D eigenvalue weighted by molar-refractivity contribution is 0.0977. The van der Waals surface area contributed by atoms with Crippen molar-refractivity contribution in [2.24, 2.45) is 5.92 Å². The average Bonchev–Trinajstić information content (AvgIpc) is 2.93. The first-order valence-corrected chi connectivity index (χ1v) is 7.43. The van der Waals surface area contributed by atoms with Crippen molar-refractivity contribution >= 4 is 29.2 Å². The number of thiocarbonyl (C=S) groups is 1. The minimum atomic E-state index is -0.334. The van der Waals surface area contributed by atoms with Gasteiger partial charge in [-0.25, -0.2) is 0 Å². The maximum absolute atomic E-state index is 12.1. The van der Waals surface area contributed by atoms with E-state index in [9.17, 15) is 4.79 Å². The van der Waals surface area contributed by atoms with Gasteiger partial charge in [0, 0.05) is 5.56 Å². The summed E-state index contributed by atoms with van der Waals surface area (Å²) in [6, 6.07) is 6.69. The molecule has 2 N–H and O–H groups in total. The van der Waals surface area contributed by atoms with E-state index in [0.29, 0.717) is 23.8 Å². The molecule has 23 heavy (non-hydrogen) atoms. The Kier molecular flexibility index (Phi) is 5.58. The quantitative estimate of drug-likeness (QED) is 0.800. The number of nitrogens with one attached hydrogen (secondary N) is 2. The van der Waals surface area contributed by atoms with Crippen LogP contribution in [0.15, 0.2) is 24.3 Å². The van der Waals surface area contributed by atoms with Crippen molar-refractivity contribution in [2.45, 2.75) is 20.4 Å². The van der Waals surface area contributed by atoms with Crippen LogP contribution >= 0.6 is 12.2 Å². The molecule has 1 aromatic carbocycles. The molecule has 8 nitrogen and oxygen atoms in total. The fourth-order valence-electron chi connectivity index (χ4n) is 1.75. The number of anilines is 1. The molecular weight excluding hydrogens is 316 g/mol. The summed E-state index contributed by atoms with van der Waals surface area (Å²) < 4.78 is 5.04. The van der Waals surface area contributed by atoms with Gasteiger partial charge >= 0.3 is 0 Å². The van der Waals surface area contributed by atoms with Crippen molar-refractivity contribution < 1.29 is 9.53 Å². The van der Waals surface area contributed by atoms with Gasteiger partial charge in [-0.2, -0.15) is 4.80 Å². The summed E-state index contributed by atoms with van der Waals surface area (Å²) in [5.41, 5.74) is 0.464. The van der Waals surface area contributed by atoms with Crippen molar-refractivity contribution in [1.29, 1.82) is 0 Å². The number of tetrazole rings is 1. The first kappa shape index (κ1) is 16.8. The lowest BCUT2D eigenvalue weighted by Gasteiger charge is -2.07. The number of aromatic nitrogens is 4. The molecular formula is C14H18N6O2S. The van der Waals surface area contributed by atoms with Crippen LogP contribution in [0.3, 0.4) is 0 Å². The molecule has 0 aliphatic carbocycles. The monoisotopic (exact) mass is 334 g/mol. The Hall–Kier alpha value is -2.55. The number of methoxy groups -OCH3 is 1. The normalized spacial score (nSPS) is 10.4. The Bertz CT molecular complexity index is 683. The molecule has 0 unspecified atom stereocenters. The molecule has 0 spiro atoms. The molecule has 0 radical (unpaired) electrons. The van der Waals surface area contributed by atoms with Crippen LogP contribution in [0.2, 0.25) is 0 Å². The average molecular weight is 334 g/mol. The van der Waals surface area contributed by atoms with Crippen LogP contribution in [0, 0.1) is 5.92 Å². The number of hydrogen-bond acceptors (Lipinski definition) is 6. The summed E-state index contributed by atoms with van der Waals surface area (Å²) in [5, 5.41) is 17.2. The largest absolute Gasteiger partial charge is 0.497 e. The number of nitrogens with zero attached hydrogens (tertiary/aromatic N) is 4. The first-order valence-electron chi connectivity index (χ1n) is 7.02. The van der Waals surface area contributed by atoms with Gasteiger partial charge in [0.15, 0.2) is 5.11 Å². The van der Waals surface area contributed by atoms with Crippen molar-refractivity contribution in [3.8, 4) is 5.75 Å². The Morgan fingerprint density at radius 2 is 2.04 bits per heavy atom. The number of hydrogen-bond donors (Lipinski definition) is 2. The highest BCUT2D eigenvalue weighted by molar-refractivity contribution is 7.80. The molecule has 1 heterocycles. The highest BCUT2D eigenvalue weighted by Crippen LogP contribution is 2.11. The first-order chi connectivity index (χ1) is 11.0. The van der Waals surface area contributed by atoms with Gasteiger partial charge in [-0.1, -0.05) is 18.9 Å². The second-order valence-electron chi connectivity index (χ2n) is 5.20. The molecule has 0 aliphatic heterocycles. The molecule has 0 atom stereocenters. The molecule has 122 valence electrons. The fourth-order valence-corrected chi connectivity index (χ4v) is 1.93. The summed E-state index contributed by atoms with van der Waals surface area (Å²) in [6.45, 7) is 4.76. The van der Waals surface area contributed by atoms with Crippen molar-refractivity contribution in [2.75, 3.05) is 12.4 Å². The Labute approximate surface area is 139 Å². The molecule has 0 saturated heterocycles. The minimum absolute atomic E-state index is 0.106. The van der Waals surface area contributed by atoms with Crippen LogP contribution in [-0.4, -0.2) is 38.3 Å². The molecule has 0 bridgehead atoms. The van der Waals surface area contributed by atoms with E-state index in [-0.39, 0.29) is 17.0 Å². The maximum atomic E-state index is 12.1. The zero-order valence-electron chi connectivity index (χ0n) is 13.1. The molecule has 2 aromatic rings. The zero-order chi connectivity index (χ0) is 16.8. The van der Waals surface area contributed by atoms with E-state index < -0.39 is 0 Å². The van der Waals surface area contributed by atoms with Gasteiger partial charge < -0.3 is 4.74 Å². The molecule has 1 aromatic heterocycles. The van der Waals surface area contributed by atoms with Gasteiger partial charge in [-0.15, -0.1) is 5.10 Å². The van der Waals surface area contributed by atoms with Crippen molar-refractivity contribution in [3.63, 3.8) is 0 Å². The van der Waals surface area contributed by atoms with E-state index in [1.165, 1.54) is 4.80 Å². The van der Waals surface area contributed by atoms with Crippen LogP contribution in [0.25, 0.3) is 0 Å². The smallest absolute Gasteiger partial charge is 0.269 e. The topological polar surface area (TPSA) is 94.0 Å². The van der Waals surface area contributed by atoms with E-state index in [2.05, 4.69) is 39.9 Å². The second kappa shape index (κ2) is 7.63. The van der Waals surface area contributed by atoms with Crippen molar-refractivity contribution in [1.82, 2.24) is 25.5 Å². The number of benzene rings is 1. The van der Waals surface area contributed by atoms with Crippen LogP contribution < -0.4 is 15.4 Å². The molecule has 0 saturated carbocycles. The maximum Gasteiger partial charge on any atom is 0.269 e. The van der Waals surface area contributed by atoms with Gasteiger partial charge in [0.25, 0.3) is 11.9 Å². The van der Waals surface area contributed by atoms with E-state index >= 15 is 0 Å². The third kappa shape index (κ3) is 4.99. The number of rotatable bonds is 5. The van der Waals surface area contributed by atoms with Crippen LogP contribution in [0.1, 0.15) is 24.2 Å². The molecule has 1 amide bonds. The van der Waals surface area contributed by atoms with Crippen molar-refractivity contribution in [3.05, 3.63) is 29.8 Å². The highest BCUT2D eigenvalue weighted by atomic mass is 32.1. The van der Waals surface area contributed by atoms with Crippen LogP contribution in [0.4, 0.5) is 5.95 Å². The van der Waals surface area contributed by atoms with Crippen LogP contribution in [0.5, 0.6) is 5.75 Å².